The summed E-state index contributed by atoms with van der Waals surface area (Å²) in [4.78, 5) is 12.4. The number of hydrazone groups is 1. The highest BCUT2D eigenvalue weighted by molar-refractivity contribution is 8.00. The number of carbonyl (C=O) groups is 1. The molecule has 10 heteroatoms. The molecule has 0 aliphatic carbocycles. The van der Waals surface area contributed by atoms with Crippen LogP contribution in [0.15, 0.2) is 53.6 Å². The van der Waals surface area contributed by atoms with Crippen molar-refractivity contribution in [3.63, 3.8) is 0 Å². The molecule has 2 aromatic carbocycles. The summed E-state index contributed by atoms with van der Waals surface area (Å²) in [6.07, 6.45) is 2.80. The highest BCUT2D eigenvalue weighted by atomic mass is 32.2. The SMILES string of the molecule is CCOc1ccccc1N(CC(=O)N/N=C\c1ccc(OC2CSC2)cc1)S(C)(=O)=O. The molecule has 0 radical (unpaired) electrons. The number of nitrogens with one attached hydrogen (secondary N) is 1. The zero-order valence-electron chi connectivity index (χ0n) is 17.4. The second-order valence-electron chi connectivity index (χ2n) is 6.81. The van der Waals surface area contributed by atoms with Gasteiger partial charge in [0, 0.05) is 11.5 Å². The molecule has 1 amide bonds. The van der Waals surface area contributed by atoms with E-state index in [1.807, 2.05) is 36.0 Å². The minimum absolute atomic E-state index is 0.273. The standard InChI is InChI=1S/C21H25N3O5S2/c1-3-28-20-7-5-4-6-19(20)24(31(2,26)27)13-21(25)23-22-12-16-8-10-17(11-9-16)29-18-14-30-15-18/h4-12,18H,3,13-15H2,1-2H3,(H,23,25)/b22-12-. The maximum absolute atomic E-state index is 12.4. The van der Waals surface area contributed by atoms with Gasteiger partial charge in [-0.2, -0.15) is 16.9 Å². The maximum Gasteiger partial charge on any atom is 0.260 e. The fraction of sp³-hybridized carbons (Fsp3) is 0.333. The van der Waals surface area contributed by atoms with Crippen molar-refractivity contribution in [3.05, 3.63) is 54.1 Å². The molecular weight excluding hydrogens is 438 g/mol. The second kappa shape index (κ2) is 10.5. The van der Waals surface area contributed by atoms with Crippen molar-refractivity contribution in [3.8, 4) is 11.5 Å². The molecule has 1 aliphatic heterocycles. The van der Waals surface area contributed by atoms with E-state index in [2.05, 4.69) is 10.5 Å². The first-order valence-electron chi connectivity index (χ1n) is 9.72. The van der Waals surface area contributed by atoms with Gasteiger partial charge in [0.1, 0.15) is 24.1 Å². The van der Waals surface area contributed by atoms with Crippen LogP contribution in [0.2, 0.25) is 0 Å². The first-order valence-corrected chi connectivity index (χ1v) is 12.7. The molecule has 1 fully saturated rings. The Morgan fingerprint density at radius 3 is 2.55 bits per heavy atom. The summed E-state index contributed by atoms with van der Waals surface area (Å²) >= 11 is 1.85. The van der Waals surface area contributed by atoms with Crippen LogP contribution in [0.3, 0.4) is 0 Å². The topological polar surface area (TPSA) is 97.3 Å². The molecule has 1 N–H and O–H groups in total. The molecule has 8 nitrogen and oxygen atoms in total. The van der Waals surface area contributed by atoms with Gasteiger partial charge in [-0.3, -0.25) is 9.10 Å². The molecule has 3 rings (SSSR count). The Morgan fingerprint density at radius 2 is 1.94 bits per heavy atom. The lowest BCUT2D eigenvalue weighted by Gasteiger charge is -2.25. The zero-order chi connectivity index (χ0) is 22.3. The number of sulfonamides is 1. The molecule has 31 heavy (non-hydrogen) atoms. The van der Waals surface area contributed by atoms with Crippen molar-refractivity contribution in [2.24, 2.45) is 5.10 Å². The van der Waals surface area contributed by atoms with E-state index >= 15 is 0 Å². The first kappa shape index (κ1) is 23.0. The Hall–Kier alpha value is -2.72. The van der Waals surface area contributed by atoms with E-state index in [1.165, 1.54) is 6.21 Å². The molecule has 0 spiro atoms. The summed E-state index contributed by atoms with van der Waals surface area (Å²) in [7, 11) is -3.72. The average molecular weight is 464 g/mol. The molecular formula is C21H25N3O5S2. The second-order valence-corrected chi connectivity index (χ2v) is 9.79. The number of carbonyl (C=O) groups excluding carboxylic acids is 1. The van der Waals surface area contributed by atoms with Crippen LogP contribution in [0.25, 0.3) is 0 Å². The monoisotopic (exact) mass is 463 g/mol. The highest BCUT2D eigenvalue weighted by Crippen LogP contribution is 2.29. The number of benzene rings is 2. The van der Waals surface area contributed by atoms with Gasteiger partial charge in [-0.15, -0.1) is 0 Å². The predicted octanol–water partition coefficient (Wildman–Crippen LogP) is 2.50. The Kier molecular flexibility index (Phi) is 7.80. The molecule has 0 saturated carbocycles. The molecule has 0 bridgehead atoms. The van der Waals surface area contributed by atoms with E-state index in [1.54, 1.807) is 31.2 Å². The Balaban J connectivity index is 1.61. The van der Waals surface area contributed by atoms with Gasteiger partial charge >= 0.3 is 0 Å². The van der Waals surface area contributed by atoms with Crippen LogP contribution in [-0.2, 0) is 14.8 Å². The van der Waals surface area contributed by atoms with E-state index in [0.29, 0.717) is 18.0 Å². The normalized spacial score (nSPS) is 14.1. The van der Waals surface area contributed by atoms with Gasteiger partial charge in [0.25, 0.3) is 5.91 Å². The summed E-state index contributed by atoms with van der Waals surface area (Å²) in [5.41, 5.74) is 3.44. The average Bonchev–Trinajstić information content (AvgIpc) is 2.70. The van der Waals surface area contributed by atoms with E-state index in [0.717, 1.165) is 33.4 Å². The zero-order valence-corrected chi connectivity index (χ0v) is 19.0. The number of hydrogen-bond donors (Lipinski definition) is 1. The summed E-state index contributed by atoms with van der Waals surface area (Å²) in [5, 5.41) is 3.93. The molecule has 2 aromatic rings. The lowest BCUT2D eigenvalue weighted by Crippen LogP contribution is -2.39. The molecule has 166 valence electrons. The third-order valence-electron chi connectivity index (χ3n) is 4.31. The van der Waals surface area contributed by atoms with Crippen molar-refractivity contribution in [2.75, 3.05) is 35.2 Å². The third-order valence-corrected chi connectivity index (χ3v) is 6.66. The van der Waals surface area contributed by atoms with Gasteiger partial charge in [-0.05, 0) is 48.9 Å². The number of ether oxygens (including phenoxy) is 2. The summed E-state index contributed by atoms with van der Waals surface area (Å²) in [6.45, 7) is 1.75. The Labute approximate surface area is 186 Å². The fourth-order valence-electron chi connectivity index (χ4n) is 2.77. The van der Waals surface area contributed by atoms with Gasteiger partial charge in [0.15, 0.2) is 0 Å². The number of hydrogen-bond acceptors (Lipinski definition) is 7. The van der Waals surface area contributed by atoms with Crippen molar-refractivity contribution in [2.45, 2.75) is 13.0 Å². The van der Waals surface area contributed by atoms with E-state index in [4.69, 9.17) is 9.47 Å². The van der Waals surface area contributed by atoms with Gasteiger partial charge in [0.05, 0.1) is 24.8 Å². The third kappa shape index (κ3) is 6.63. The van der Waals surface area contributed by atoms with Gasteiger partial charge < -0.3 is 9.47 Å². The predicted molar refractivity (Wildman–Crippen MR) is 124 cm³/mol. The Morgan fingerprint density at radius 1 is 1.23 bits per heavy atom. The van der Waals surface area contributed by atoms with Crippen LogP contribution < -0.4 is 19.2 Å². The van der Waals surface area contributed by atoms with Crippen LogP contribution in [0.4, 0.5) is 5.69 Å². The molecule has 1 heterocycles. The lowest BCUT2D eigenvalue weighted by molar-refractivity contribution is -0.119. The van der Waals surface area contributed by atoms with Gasteiger partial charge in [-0.25, -0.2) is 13.8 Å². The molecule has 0 aromatic heterocycles. The lowest BCUT2D eigenvalue weighted by atomic mass is 10.2. The first-order chi connectivity index (χ1) is 14.9. The minimum atomic E-state index is -3.72. The minimum Gasteiger partial charge on any atom is -0.492 e. The van der Waals surface area contributed by atoms with Crippen LogP contribution in [0.1, 0.15) is 12.5 Å². The molecule has 0 unspecified atom stereocenters. The number of para-hydroxylation sites is 2. The van der Waals surface area contributed by atoms with Crippen molar-refractivity contribution < 1.29 is 22.7 Å². The fourth-order valence-corrected chi connectivity index (χ4v) is 4.20. The summed E-state index contributed by atoms with van der Waals surface area (Å²) in [5.74, 6) is 2.62. The summed E-state index contributed by atoms with van der Waals surface area (Å²) < 4.78 is 36.9. The number of nitrogens with zero attached hydrogens (tertiary/aromatic N) is 2. The van der Waals surface area contributed by atoms with Crippen LogP contribution >= 0.6 is 11.8 Å². The van der Waals surface area contributed by atoms with Crippen LogP contribution in [0.5, 0.6) is 11.5 Å². The quantitative estimate of drug-likeness (QED) is 0.430. The number of thioether (sulfide) groups is 1. The van der Waals surface area contributed by atoms with Crippen LogP contribution in [-0.4, -0.2) is 57.6 Å². The number of anilines is 1. The van der Waals surface area contributed by atoms with Gasteiger partial charge in [0.2, 0.25) is 10.0 Å². The van der Waals surface area contributed by atoms with Crippen molar-refractivity contribution in [1.29, 1.82) is 0 Å². The van der Waals surface area contributed by atoms with Crippen molar-refractivity contribution >= 4 is 39.6 Å². The van der Waals surface area contributed by atoms with E-state index in [-0.39, 0.29) is 6.10 Å². The maximum atomic E-state index is 12.4. The smallest absolute Gasteiger partial charge is 0.260 e. The highest BCUT2D eigenvalue weighted by Gasteiger charge is 2.23. The van der Waals surface area contributed by atoms with Gasteiger partial charge in [-0.1, -0.05) is 12.1 Å². The Bertz CT molecular complexity index is 1020. The number of rotatable bonds is 10. The largest absolute Gasteiger partial charge is 0.492 e. The van der Waals surface area contributed by atoms with Crippen molar-refractivity contribution in [1.82, 2.24) is 5.43 Å². The summed E-state index contributed by atoms with van der Waals surface area (Å²) in [6, 6.07) is 14.0. The van der Waals surface area contributed by atoms with Crippen LogP contribution in [0, 0.1) is 0 Å². The molecule has 1 saturated heterocycles. The molecule has 0 atom stereocenters. The number of amides is 1. The van der Waals surface area contributed by atoms with E-state index in [9.17, 15) is 13.2 Å². The van der Waals surface area contributed by atoms with E-state index < -0.39 is 22.5 Å². The molecule has 1 aliphatic rings.